The Labute approximate surface area is 260 Å². The molecule has 1 heterocycles. The third kappa shape index (κ3) is 4.33. The number of nitrogen functional groups attached to an aromatic ring is 1. The molecule has 0 bridgehead atoms. The molecule has 8 rings (SSSR count). The Kier molecular flexibility index (Phi) is 6.40. The predicted octanol–water partition coefficient (Wildman–Crippen LogP) is 12.1. The van der Waals surface area contributed by atoms with Crippen LogP contribution in [-0.4, -0.2) is 0 Å². The fraction of sp³-hybridized carbons (Fsp3) is 0.0244. The highest BCUT2D eigenvalue weighted by Gasteiger charge is 2.19. The summed E-state index contributed by atoms with van der Waals surface area (Å²) in [5, 5.41) is 9.69. The smallest absolute Gasteiger partial charge is 0.0943 e. The van der Waals surface area contributed by atoms with E-state index in [-0.39, 0.29) is 0 Å². The second-order valence-corrected chi connectivity index (χ2v) is 12.2. The van der Waals surface area contributed by atoms with Crippen LogP contribution < -0.4 is 10.6 Å². The van der Waals surface area contributed by atoms with Gasteiger partial charge in [0.25, 0.3) is 0 Å². The quantitative estimate of drug-likeness (QED) is 0.205. The molecule has 2 nitrogen and oxygen atoms in total. The van der Waals surface area contributed by atoms with Crippen LogP contribution >= 0.6 is 11.3 Å². The van der Waals surface area contributed by atoms with Gasteiger partial charge in [-0.2, -0.15) is 0 Å². The number of para-hydroxylation sites is 1. The van der Waals surface area contributed by atoms with Crippen molar-refractivity contribution in [2.45, 2.75) is 6.92 Å². The van der Waals surface area contributed by atoms with Crippen molar-refractivity contribution in [3.05, 3.63) is 151 Å². The lowest BCUT2D eigenvalue weighted by atomic mass is 9.94. The molecular weight excluding hydrogens is 553 g/mol. The van der Waals surface area contributed by atoms with Crippen molar-refractivity contribution in [3.8, 4) is 11.1 Å². The number of hydrogen-bond donors (Lipinski definition) is 1. The Hall–Kier alpha value is -5.38. The van der Waals surface area contributed by atoms with E-state index in [0.29, 0.717) is 0 Å². The molecule has 210 valence electrons. The van der Waals surface area contributed by atoms with Gasteiger partial charge in [0, 0.05) is 22.3 Å². The van der Waals surface area contributed by atoms with Crippen molar-refractivity contribution in [1.29, 1.82) is 0 Å². The summed E-state index contributed by atoms with van der Waals surface area (Å²) < 4.78 is 1.18. The molecule has 0 fully saturated rings. The first-order valence-electron chi connectivity index (χ1n) is 14.9. The van der Waals surface area contributed by atoms with Gasteiger partial charge in [-0.15, -0.1) is 11.3 Å². The van der Waals surface area contributed by atoms with Crippen molar-refractivity contribution in [3.63, 3.8) is 0 Å². The van der Waals surface area contributed by atoms with Crippen molar-refractivity contribution < 1.29 is 0 Å². The number of rotatable bonds is 5. The van der Waals surface area contributed by atoms with Gasteiger partial charge >= 0.3 is 0 Å². The van der Waals surface area contributed by atoms with Crippen molar-refractivity contribution >= 4 is 81.9 Å². The molecule has 0 aliphatic rings. The van der Waals surface area contributed by atoms with Crippen LogP contribution in [0.1, 0.15) is 12.5 Å². The number of allylic oxidation sites excluding steroid dienone is 1. The number of thiophene rings is 1. The molecular formula is C41H30N2S. The molecule has 1 aromatic heterocycles. The molecule has 0 atom stereocenters. The summed E-state index contributed by atoms with van der Waals surface area (Å²) in [5.41, 5.74) is 13.3. The molecule has 8 aromatic rings. The zero-order valence-corrected chi connectivity index (χ0v) is 25.2. The highest BCUT2D eigenvalue weighted by Crippen LogP contribution is 2.45. The molecule has 3 heteroatoms. The summed E-state index contributed by atoms with van der Waals surface area (Å²) in [5.74, 6) is 0. The second kappa shape index (κ2) is 10.7. The fourth-order valence-electron chi connectivity index (χ4n) is 6.46. The Morgan fingerprint density at radius 1 is 0.545 bits per heavy atom. The Morgan fingerprint density at radius 2 is 1.18 bits per heavy atom. The first kappa shape index (κ1) is 26.3. The lowest BCUT2D eigenvalue weighted by Gasteiger charge is -2.26. The highest BCUT2D eigenvalue weighted by atomic mass is 32.1. The van der Waals surface area contributed by atoms with Crippen LogP contribution in [0.5, 0.6) is 0 Å². The molecule has 0 unspecified atom stereocenters. The van der Waals surface area contributed by atoms with E-state index in [4.69, 9.17) is 5.73 Å². The number of anilines is 4. The van der Waals surface area contributed by atoms with Crippen LogP contribution in [0.4, 0.5) is 22.1 Å². The average Bonchev–Trinajstić information content (AvgIpc) is 3.40. The van der Waals surface area contributed by atoms with Gasteiger partial charge in [-0.05, 0) is 86.8 Å². The van der Waals surface area contributed by atoms with Crippen LogP contribution in [0.25, 0.3) is 59.6 Å². The van der Waals surface area contributed by atoms with Crippen molar-refractivity contribution in [2.24, 2.45) is 0 Å². The molecule has 2 N–H and O–H groups in total. The molecule has 0 spiro atoms. The second-order valence-electron chi connectivity index (χ2n) is 11.1. The number of nitrogens with two attached hydrogens (primary N) is 1. The van der Waals surface area contributed by atoms with Gasteiger partial charge in [-0.3, -0.25) is 0 Å². The van der Waals surface area contributed by atoms with E-state index < -0.39 is 0 Å². The van der Waals surface area contributed by atoms with Gasteiger partial charge in [0.2, 0.25) is 0 Å². The Morgan fingerprint density at radius 3 is 1.98 bits per heavy atom. The van der Waals surface area contributed by atoms with Gasteiger partial charge in [-0.25, -0.2) is 0 Å². The van der Waals surface area contributed by atoms with Gasteiger partial charge < -0.3 is 10.6 Å². The molecule has 44 heavy (non-hydrogen) atoms. The zero-order valence-electron chi connectivity index (χ0n) is 24.4. The van der Waals surface area contributed by atoms with Crippen LogP contribution in [0, 0.1) is 0 Å². The molecule has 0 amide bonds. The van der Waals surface area contributed by atoms with Crippen LogP contribution in [0.15, 0.2) is 146 Å². The van der Waals surface area contributed by atoms with Gasteiger partial charge in [0.15, 0.2) is 0 Å². The average molecular weight is 583 g/mol. The molecule has 0 saturated heterocycles. The number of fused-ring (bicyclic) bond motifs is 6. The van der Waals surface area contributed by atoms with Gasteiger partial charge in [-0.1, -0.05) is 115 Å². The normalized spacial score (nSPS) is 11.8. The van der Waals surface area contributed by atoms with E-state index in [9.17, 15) is 0 Å². The summed E-state index contributed by atoms with van der Waals surface area (Å²) in [6.07, 6.45) is 4.16. The van der Waals surface area contributed by atoms with Gasteiger partial charge in [0.05, 0.1) is 15.4 Å². The van der Waals surface area contributed by atoms with E-state index in [1.54, 1.807) is 11.3 Å². The summed E-state index contributed by atoms with van der Waals surface area (Å²) in [6.45, 7) is 2.03. The SMILES string of the molecule is C/C=C\c1c(N)sc2c(N(c3ccccc3)c3ccc(-c4ccc5ccc6c7ccccc7ccc6c5c4)cc3)cccc12. The van der Waals surface area contributed by atoms with Crippen LogP contribution in [0.3, 0.4) is 0 Å². The molecule has 0 saturated carbocycles. The molecule has 0 aliphatic carbocycles. The molecule has 0 radical (unpaired) electrons. The minimum absolute atomic E-state index is 0.839. The van der Waals surface area contributed by atoms with Crippen LogP contribution in [0.2, 0.25) is 0 Å². The maximum atomic E-state index is 6.52. The summed E-state index contributed by atoms with van der Waals surface area (Å²) in [4.78, 5) is 2.33. The lowest BCUT2D eigenvalue weighted by molar-refractivity contribution is 1.30. The van der Waals surface area contributed by atoms with E-state index >= 15 is 0 Å². The minimum Gasteiger partial charge on any atom is -0.390 e. The van der Waals surface area contributed by atoms with E-state index in [0.717, 1.165) is 27.6 Å². The first-order chi connectivity index (χ1) is 21.7. The zero-order chi connectivity index (χ0) is 29.6. The highest BCUT2D eigenvalue weighted by molar-refractivity contribution is 7.23. The summed E-state index contributed by atoms with van der Waals surface area (Å²) >= 11 is 1.65. The minimum atomic E-state index is 0.839. The largest absolute Gasteiger partial charge is 0.390 e. The third-order valence-corrected chi connectivity index (χ3v) is 9.63. The third-order valence-electron chi connectivity index (χ3n) is 8.55. The fourth-order valence-corrected chi connectivity index (χ4v) is 7.52. The lowest BCUT2D eigenvalue weighted by Crippen LogP contribution is -2.09. The number of nitrogens with zero attached hydrogens (tertiary/aromatic N) is 1. The summed E-state index contributed by atoms with van der Waals surface area (Å²) in [6, 6.07) is 50.4. The van der Waals surface area contributed by atoms with E-state index in [1.165, 1.54) is 53.5 Å². The first-order valence-corrected chi connectivity index (χ1v) is 15.7. The molecule has 0 aliphatic heterocycles. The van der Waals surface area contributed by atoms with Gasteiger partial charge in [0.1, 0.15) is 0 Å². The standard InChI is InChI=1S/C41H30N2S/c1-2-9-37-36-14-8-15-39(40(36)44-41(37)42)43(31-11-4-3-5-12-31)32-22-18-27(19-23-32)30-17-16-29-21-24-34-33-13-7-6-10-28(33)20-25-35(34)38(29)26-30/h2-26H,42H2,1H3/b9-2-. The predicted molar refractivity (Wildman–Crippen MR) is 194 cm³/mol. The van der Waals surface area contributed by atoms with Crippen molar-refractivity contribution in [1.82, 2.24) is 0 Å². The maximum Gasteiger partial charge on any atom is 0.0943 e. The van der Waals surface area contributed by atoms with E-state index in [2.05, 4.69) is 157 Å². The summed E-state index contributed by atoms with van der Waals surface area (Å²) in [7, 11) is 0. The number of benzene rings is 7. The van der Waals surface area contributed by atoms with E-state index in [1.807, 2.05) is 6.92 Å². The topological polar surface area (TPSA) is 29.3 Å². The monoisotopic (exact) mass is 582 g/mol. The van der Waals surface area contributed by atoms with Crippen LogP contribution in [-0.2, 0) is 0 Å². The molecule has 7 aromatic carbocycles. The number of hydrogen-bond acceptors (Lipinski definition) is 3. The Bertz CT molecular complexity index is 2350. The Balaban J connectivity index is 1.24. The maximum absolute atomic E-state index is 6.52. The van der Waals surface area contributed by atoms with Crippen molar-refractivity contribution in [2.75, 3.05) is 10.6 Å².